The summed E-state index contributed by atoms with van der Waals surface area (Å²) >= 11 is 6.34. The average Bonchev–Trinajstić information content (AvgIpc) is 3.22. The van der Waals surface area contributed by atoms with E-state index >= 15 is 0 Å². The van der Waals surface area contributed by atoms with Crippen molar-refractivity contribution in [3.8, 4) is 5.69 Å². The Morgan fingerprint density at radius 1 is 1.29 bits per heavy atom. The Kier molecular flexibility index (Phi) is 3.19. The predicted molar refractivity (Wildman–Crippen MR) is 83.7 cm³/mol. The lowest BCUT2D eigenvalue weighted by Crippen LogP contribution is -2.19. The van der Waals surface area contributed by atoms with Crippen LogP contribution < -0.4 is 5.32 Å². The van der Waals surface area contributed by atoms with Gasteiger partial charge in [-0.15, -0.1) is 0 Å². The van der Waals surface area contributed by atoms with Gasteiger partial charge in [-0.25, -0.2) is 9.67 Å². The highest BCUT2D eigenvalue weighted by Crippen LogP contribution is 2.43. The third kappa shape index (κ3) is 2.33. The molecular formula is C16H17ClN4. The van der Waals surface area contributed by atoms with Crippen molar-refractivity contribution in [1.29, 1.82) is 0 Å². The molecule has 0 radical (unpaired) electrons. The Labute approximate surface area is 128 Å². The summed E-state index contributed by atoms with van der Waals surface area (Å²) in [5.74, 6) is 2.27. The molecule has 3 atom stereocenters. The number of hydrogen-bond acceptors (Lipinski definition) is 3. The quantitative estimate of drug-likeness (QED) is 0.878. The molecule has 2 aromatic rings. The van der Waals surface area contributed by atoms with Gasteiger partial charge >= 0.3 is 0 Å². The van der Waals surface area contributed by atoms with Crippen LogP contribution in [-0.4, -0.2) is 21.3 Å². The lowest BCUT2D eigenvalue weighted by molar-refractivity contribution is 0.472. The summed E-state index contributed by atoms with van der Waals surface area (Å²) in [7, 11) is 0. The summed E-state index contributed by atoms with van der Waals surface area (Å²) in [5.41, 5.74) is 1.88. The van der Waals surface area contributed by atoms with Gasteiger partial charge in [-0.2, -0.15) is 5.10 Å². The number of benzene rings is 1. The normalized spacial score (nSPS) is 26.4. The number of rotatable bonds is 4. The van der Waals surface area contributed by atoms with Crippen LogP contribution in [0.1, 0.15) is 12.8 Å². The van der Waals surface area contributed by atoms with Gasteiger partial charge in [0.25, 0.3) is 0 Å². The first-order valence-corrected chi connectivity index (χ1v) is 7.75. The first-order valence-electron chi connectivity index (χ1n) is 7.37. The van der Waals surface area contributed by atoms with E-state index in [9.17, 15) is 0 Å². The molecule has 0 aliphatic heterocycles. The van der Waals surface area contributed by atoms with Crippen LogP contribution in [0, 0.1) is 17.8 Å². The molecule has 2 aliphatic rings. The van der Waals surface area contributed by atoms with Gasteiger partial charge in [0.2, 0.25) is 0 Å². The van der Waals surface area contributed by atoms with E-state index in [1.807, 2.05) is 18.2 Å². The Morgan fingerprint density at radius 2 is 2.24 bits per heavy atom. The fourth-order valence-electron chi connectivity index (χ4n) is 3.58. The van der Waals surface area contributed by atoms with Crippen LogP contribution >= 0.6 is 11.6 Å². The van der Waals surface area contributed by atoms with E-state index < -0.39 is 0 Å². The molecule has 5 heteroatoms. The van der Waals surface area contributed by atoms with Crippen molar-refractivity contribution in [3.05, 3.63) is 48.0 Å². The highest BCUT2D eigenvalue weighted by molar-refractivity contribution is 6.33. The number of fused-ring (bicyclic) bond motifs is 2. The summed E-state index contributed by atoms with van der Waals surface area (Å²) < 4.78 is 1.71. The van der Waals surface area contributed by atoms with Crippen molar-refractivity contribution >= 4 is 17.3 Å². The minimum absolute atomic E-state index is 0.679. The Morgan fingerprint density at radius 3 is 2.95 bits per heavy atom. The van der Waals surface area contributed by atoms with E-state index in [1.165, 1.54) is 19.2 Å². The zero-order chi connectivity index (χ0) is 14.2. The van der Waals surface area contributed by atoms with Crippen molar-refractivity contribution < 1.29 is 0 Å². The third-order valence-corrected chi connectivity index (χ3v) is 4.91. The molecule has 2 aliphatic carbocycles. The standard InChI is InChI=1S/C16H17ClN4/c17-14-2-1-3-15(16(14)21-10-18-9-20-21)19-8-13-7-11-4-5-12(13)6-11/h1-5,9-13,19H,6-8H2. The molecule has 3 unspecified atom stereocenters. The van der Waals surface area contributed by atoms with Crippen LogP contribution in [0.4, 0.5) is 5.69 Å². The van der Waals surface area contributed by atoms with Crippen LogP contribution in [0.15, 0.2) is 43.0 Å². The summed E-state index contributed by atoms with van der Waals surface area (Å²) in [4.78, 5) is 4.01. The average molecular weight is 301 g/mol. The summed E-state index contributed by atoms with van der Waals surface area (Å²) in [5, 5.41) is 8.44. The van der Waals surface area contributed by atoms with Crippen molar-refractivity contribution in [2.75, 3.05) is 11.9 Å². The molecule has 21 heavy (non-hydrogen) atoms. The van der Waals surface area contributed by atoms with Crippen LogP contribution in [0.25, 0.3) is 5.69 Å². The van der Waals surface area contributed by atoms with Gasteiger partial charge in [0.1, 0.15) is 18.3 Å². The van der Waals surface area contributed by atoms with Crippen molar-refractivity contribution in [2.45, 2.75) is 12.8 Å². The molecule has 4 rings (SSSR count). The first kappa shape index (κ1) is 12.9. The van der Waals surface area contributed by atoms with Crippen molar-refractivity contribution in [3.63, 3.8) is 0 Å². The Balaban J connectivity index is 1.55. The molecule has 1 aromatic carbocycles. The van der Waals surface area contributed by atoms with Gasteiger partial charge in [-0.05, 0) is 42.7 Å². The zero-order valence-corrected chi connectivity index (χ0v) is 12.4. The van der Waals surface area contributed by atoms with E-state index in [4.69, 9.17) is 11.6 Å². The number of hydrogen-bond donors (Lipinski definition) is 1. The van der Waals surface area contributed by atoms with Crippen LogP contribution in [0.3, 0.4) is 0 Å². The molecular weight excluding hydrogens is 284 g/mol. The van der Waals surface area contributed by atoms with Gasteiger partial charge < -0.3 is 5.32 Å². The summed E-state index contributed by atoms with van der Waals surface area (Å²) in [6.45, 7) is 0.980. The fourth-order valence-corrected chi connectivity index (χ4v) is 3.85. The van der Waals surface area contributed by atoms with Gasteiger partial charge in [0, 0.05) is 6.54 Å². The topological polar surface area (TPSA) is 42.7 Å². The lowest BCUT2D eigenvalue weighted by Gasteiger charge is -2.20. The summed E-state index contributed by atoms with van der Waals surface area (Å²) in [6, 6.07) is 5.89. The van der Waals surface area contributed by atoms with Crippen molar-refractivity contribution in [1.82, 2.24) is 14.8 Å². The molecule has 0 saturated heterocycles. The highest BCUT2D eigenvalue weighted by atomic mass is 35.5. The maximum Gasteiger partial charge on any atom is 0.138 e. The fraction of sp³-hybridized carbons (Fsp3) is 0.375. The minimum atomic E-state index is 0.679. The van der Waals surface area contributed by atoms with E-state index in [2.05, 4.69) is 27.6 Å². The summed E-state index contributed by atoms with van der Waals surface area (Å²) in [6.07, 6.45) is 10.6. The van der Waals surface area contributed by atoms with E-state index in [0.29, 0.717) is 5.02 Å². The lowest BCUT2D eigenvalue weighted by atomic mass is 9.93. The maximum atomic E-state index is 6.34. The highest BCUT2D eigenvalue weighted by Gasteiger charge is 2.35. The molecule has 1 fully saturated rings. The largest absolute Gasteiger partial charge is 0.383 e. The number of aromatic nitrogens is 3. The SMILES string of the molecule is Clc1cccc(NCC2CC3C=CC2C3)c1-n1cncn1. The monoisotopic (exact) mass is 300 g/mol. The van der Waals surface area contributed by atoms with Crippen LogP contribution in [0.5, 0.6) is 0 Å². The number of allylic oxidation sites excluding steroid dienone is 2. The van der Waals surface area contributed by atoms with Gasteiger partial charge in [0.05, 0.1) is 10.7 Å². The third-order valence-electron chi connectivity index (χ3n) is 4.61. The predicted octanol–water partition coefficient (Wildman–Crippen LogP) is 3.54. The first-order chi connectivity index (χ1) is 10.3. The second-order valence-corrected chi connectivity index (χ2v) is 6.30. The zero-order valence-electron chi connectivity index (χ0n) is 11.6. The molecule has 0 spiro atoms. The maximum absolute atomic E-state index is 6.34. The van der Waals surface area contributed by atoms with E-state index in [0.717, 1.165) is 35.7 Å². The number of anilines is 1. The molecule has 2 bridgehead atoms. The minimum Gasteiger partial charge on any atom is -0.383 e. The Bertz CT molecular complexity index is 665. The second kappa shape index (κ2) is 5.19. The molecule has 108 valence electrons. The molecule has 0 amide bonds. The second-order valence-electron chi connectivity index (χ2n) is 5.90. The smallest absolute Gasteiger partial charge is 0.138 e. The van der Waals surface area contributed by atoms with Gasteiger partial charge in [-0.3, -0.25) is 0 Å². The Hall–Kier alpha value is -1.81. The molecule has 1 saturated carbocycles. The molecule has 4 nitrogen and oxygen atoms in total. The van der Waals surface area contributed by atoms with Crippen LogP contribution in [-0.2, 0) is 0 Å². The number of halogens is 1. The van der Waals surface area contributed by atoms with Crippen LogP contribution in [0.2, 0.25) is 5.02 Å². The molecule has 1 N–H and O–H groups in total. The van der Waals surface area contributed by atoms with Gasteiger partial charge in [-0.1, -0.05) is 29.8 Å². The number of nitrogens with zero attached hydrogens (tertiary/aromatic N) is 3. The van der Waals surface area contributed by atoms with E-state index in [1.54, 1.807) is 11.0 Å². The number of para-hydroxylation sites is 1. The van der Waals surface area contributed by atoms with Gasteiger partial charge in [0.15, 0.2) is 0 Å². The number of nitrogens with one attached hydrogen (secondary N) is 1. The molecule has 1 aromatic heterocycles. The molecule has 1 heterocycles. The van der Waals surface area contributed by atoms with E-state index in [-0.39, 0.29) is 0 Å². The van der Waals surface area contributed by atoms with Crippen molar-refractivity contribution in [2.24, 2.45) is 17.8 Å².